The van der Waals surface area contributed by atoms with Gasteiger partial charge < -0.3 is 10.6 Å². The van der Waals surface area contributed by atoms with Gasteiger partial charge >= 0.3 is 0 Å². The number of carbonyl (C=O) groups is 1. The van der Waals surface area contributed by atoms with Crippen LogP contribution in [0.2, 0.25) is 0 Å². The minimum Gasteiger partial charge on any atom is -0.341 e. The zero-order valence-corrected chi connectivity index (χ0v) is 12.9. The van der Waals surface area contributed by atoms with Gasteiger partial charge in [-0.1, -0.05) is 6.92 Å². The van der Waals surface area contributed by atoms with Crippen LogP contribution in [0.25, 0.3) is 0 Å². The van der Waals surface area contributed by atoms with Gasteiger partial charge in [0, 0.05) is 37.1 Å². The summed E-state index contributed by atoms with van der Waals surface area (Å²) < 4.78 is 0. The van der Waals surface area contributed by atoms with Crippen LogP contribution in [0.1, 0.15) is 45.4 Å². The molecule has 0 aromatic carbocycles. The van der Waals surface area contributed by atoms with Crippen LogP contribution in [0.15, 0.2) is 0 Å². The molecule has 4 heteroatoms. The maximum atomic E-state index is 12.8. The van der Waals surface area contributed by atoms with Gasteiger partial charge in [0.2, 0.25) is 5.91 Å². The molecule has 0 spiro atoms. The summed E-state index contributed by atoms with van der Waals surface area (Å²) in [5.74, 6) is 1.13. The molecular weight excluding hydrogens is 250 g/mol. The highest BCUT2D eigenvalue weighted by Crippen LogP contribution is 2.32. The largest absolute Gasteiger partial charge is 0.341 e. The zero-order valence-electron chi connectivity index (χ0n) is 12.9. The number of amides is 1. The molecule has 0 aromatic heterocycles. The van der Waals surface area contributed by atoms with Crippen molar-refractivity contribution >= 4 is 5.91 Å². The summed E-state index contributed by atoms with van der Waals surface area (Å²) in [7, 11) is 2.23. The first-order valence-electron chi connectivity index (χ1n) is 8.32. The molecule has 114 valence electrons. The van der Waals surface area contributed by atoms with Crippen LogP contribution >= 0.6 is 0 Å². The van der Waals surface area contributed by atoms with Crippen molar-refractivity contribution < 1.29 is 4.79 Å². The molecule has 1 amide bonds. The normalized spacial score (nSPS) is 42.5. The molecule has 3 fully saturated rings. The number of likely N-dealkylation sites (tertiary alicyclic amines) is 1. The van der Waals surface area contributed by atoms with E-state index in [9.17, 15) is 4.79 Å². The van der Waals surface area contributed by atoms with E-state index in [-0.39, 0.29) is 5.92 Å². The monoisotopic (exact) mass is 279 g/mol. The van der Waals surface area contributed by atoms with Crippen molar-refractivity contribution in [2.45, 2.75) is 63.6 Å². The van der Waals surface area contributed by atoms with Crippen LogP contribution in [0, 0.1) is 11.8 Å². The summed E-state index contributed by atoms with van der Waals surface area (Å²) in [6.07, 6.45) is 6.72. The number of likely N-dealkylation sites (N-methyl/N-ethyl adjacent to an activating group) is 1. The Labute approximate surface area is 122 Å². The van der Waals surface area contributed by atoms with Gasteiger partial charge in [-0.05, 0) is 51.5 Å². The Morgan fingerprint density at radius 2 is 1.85 bits per heavy atom. The summed E-state index contributed by atoms with van der Waals surface area (Å²) in [6, 6.07) is 1.59. The van der Waals surface area contributed by atoms with Crippen molar-refractivity contribution in [2.75, 3.05) is 20.1 Å². The maximum Gasteiger partial charge on any atom is 0.225 e. The number of fused-ring (bicyclic) bond motifs is 2. The molecule has 2 heterocycles. The lowest BCUT2D eigenvalue weighted by Crippen LogP contribution is -2.45. The molecule has 20 heavy (non-hydrogen) atoms. The molecule has 3 aliphatic rings. The molecule has 1 saturated carbocycles. The maximum absolute atomic E-state index is 12.8. The van der Waals surface area contributed by atoms with E-state index >= 15 is 0 Å². The number of nitrogens with zero attached hydrogens (tertiary/aromatic N) is 2. The number of hydrogen-bond acceptors (Lipinski definition) is 3. The van der Waals surface area contributed by atoms with Crippen molar-refractivity contribution in [1.29, 1.82) is 0 Å². The van der Waals surface area contributed by atoms with Crippen LogP contribution in [-0.4, -0.2) is 54.0 Å². The van der Waals surface area contributed by atoms with Gasteiger partial charge in [-0.15, -0.1) is 0 Å². The third kappa shape index (κ3) is 2.60. The third-order valence-electron chi connectivity index (χ3n) is 6.05. The first-order chi connectivity index (χ1) is 9.56. The number of rotatable bonds is 1. The lowest BCUT2D eigenvalue weighted by molar-refractivity contribution is -0.137. The Kier molecular flexibility index (Phi) is 4.04. The van der Waals surface area contributed by atoms with Gasteiger partial charge in [0.05, 0.1) is 0 Å². The van der Waals surface area contributed by atoms with Gasteiger partial charge in [0.15, 0.2) is 0 Å². The number of hydrogen-bond donors (Lipinski definition) is 1. The van der Waals surface area contributed by atoms with E-state index in [1.54, 1.807) is 0 Å². The van der Waals surface area contributed by atoms with Crippen LogP contribution in [0.5, 0.6) is 0 Å². The second kappa shape index (κ2) is 5.64. The topological polar surface area (TPSA) is 49.6 Å². The van der Waals surface area contributed by atoms with Gasteiger partial charge in [-0.25, -0.2) is 0 Å². The minimum atomic E-state index is 0.228. The molecule has 2 aliphatic heterocycles. The quantitative estimate of drug-likeness (QED) is 0.790. The average molecular weight is 279 g/mol. The highest BCUT2D eigenvalue weighted by Gasteiger charge is 2.38. The predicted molar refractivity (Wildman–Crippen MR) is 80.3 cm³/mol. The molecule has 5 atom stereocenters. The zero-order chi connectivity index (χ0) is 14.3. The highest BCUT2D eigenvalue weighted by molar-refractivity contribution is 5.79. The first kappa shape index (κ1) is 14.3. The third-order valence-corrected chi connectivity index (χ3v) is 6.05. The van der Waals surface area contributed by atoms with E-state index < -0.39 is 0 Å². The SMILES string of the molecule is CC1CC(C(=O)N2CCC3CCC(C2)N3C)CCC1N. The second-order valence-electron chi connectivity index (χ2n) is 7.27. The Morgan fingerprint density at radius 1 is 1.10 bits per heavy atom. The fourth-order valence-electron chi connectivity index (χ4n) is 4.41. The standard InChI is InChI=1S/C16H29N3O/c1-11-9-12(3-6-15(11)17)16(20)19-8-7-13-4-5-14(10-19)18(13)2/h11-15H,3-10,17H2,1-2H3. The summed E-state index contributed by atoms with van der Waals surface area (Å²) in [6.45, 7) is 4.10. The fourth-order valence-corrected chi connectivity index (χ4v) is 4.41. The van der Waals surface area contributed by atoms with Crippen molar-refractivity contribution in [1.82, 2.24) is 9.80 Å². The van der Waals surface area contributed by atoms with Crippen LogP contribution < -0.4 is 5.73 Å². The molecule has 2 saturated heterocycles. The van der Waals surface area contributed by atoms with Gasteiger partial charge in [-0.2, -0.15) is 0 Å². The van der Waals surface area contributed by atoms with Crippen molar-refractivity contribution in [2.24, 2.45) is 17.6 Å². The van der Waals surface area contributed by atoms with E-state index in [2.05, 4.69) is 23.8 Å². The fraction of sp³-hybridized carbons (Fsp3) is 0.938. The summed E-state index contributed by atoms with van der Waals surface area (Å²) in [4.78, 5) is 17.5. The van der Waals surface area contributed by atoms with Gasteiger partial charge in [-0.3, -0.25) is 9.69 Å². The molecule has 2 N–H and O–H groups in total. The Morgan fingerprint density at radius 3 is 2.60 bits per heavy atom. The van der Waals surface area contributed by atoms with Crippen LogP contribution in [0.3, 0.4) is 0 Å². The number of carbonyl (C=O) groups excluding carboxylic acids is 1. The molecule has 3 rings (SSSR count). The summed E-state index contributed by atoms with van der Waals surface area (Å²) >= 11 is 0. The lowest BCUT2D eigenvalue weighted by atomic mass is 9.78. The molecular formula is C16H29N3O. The van der Waals surface area contributed by atoms with Crippen molar-refractivity contribution in [3.8, 4) is 0 Å². The lowest BCUT2D eigenvalue weighted by Gasteiger charge is -2.35. The smallest absolute Gasteiger partial charge is 0.225 e. The molecule has 0 aromatic rings. The van der Waals surface area contributed by atoms with Gasteiger partial charge in [0.1, 0.15) is 0 Å². The molecule has 1 aliphatic carbocycles. The van der Waals surface area contributed by atoms with Crippen LogP contribution in [-0.2, 0) is 4.79 Å². The molecule has 2 bridgehead atoms. The number of nitrogens with two attached hydrogens (primary N) is 1. The van der Waals surface area contributed by atoms with Crippen molar-refractivity contribution in [3.05, 3.63) is 0 Å². The Hall–Kier alpha value is -0.610. The average Bonchev–Trinajstić information content (AvgIpc) is 2.66. The Balaban J connectivity index is 1.63. The van der Waals surface area contributed by atoms with E-state index in [1.807, 2.05) is 0 Å². The Bertz CT molecular complexity index is 373. The van der Waals surface area contributed by atoms with Crippen LogP contribution in [0.4, 0.5) is 0 Å². The van der Waals surface area contributed by atoms with E-state index in [4.69, 9.17) is 5.73 Å². The summed E-state index contributed by atoms with van der Waals surface area (Å²) in [5.41, 5.74) is 6.08. The highest BCUT2D eigenvalue weighted by atomic mass is 16.2. The first-order valence-corrected chi connectivity index (χ1v) is 8.32. The van der Waals surface area contributed by atoms with E-state index in [1.165, 1.54) is 12.8 Å². The molecule has 0 radical (unpaired) electrons. The predicted octanol–water partition coefficient (Wildman–Crippen LogP) is 1.45. The molecule has 5 unspecified atom stereocenters. The van der Waals surface area contributed by atoms with Crippen molar-refractivity contribution in [3.63, 3.8) is 0 Å². The second-order valence-corrected chi connectivity index (χ2v) is 7.27. The molecule has 4 nitrogen and oxygen atoms in total. The van der Waals surface area contributed by atoms with Gasteiger partial charge in [0.25, 0.3) is 0 Å². The van der Waals surface area contributed by atoms with E-state index in [0.29, 0.717) is 30.0 Å². The minimum absolute atomic E-state index is 0.228. The van der Waals surface area contributed by atoms with E-state index in [0.717, 1.165) is 38.8 Å². The summed E-state index contributed by atoms with van der Waals surface area (Å²) in [5, 5.41) is 0.